The fraction of sp³-hybridized carbons (Fsp3) is 0.526. The first-order valence-corrected chi connectivity index (χ1v) is 9.18. The lowest BCUT2D eigenvalue weighted by molar-refractivity contribution is -0.130. The minimum atomic E-state index is -0.281. The van der Waals surface area contributed by atoms with Gasteiger partial charge in [-0.25, -0.2) is 0 Å². The van der Waals surface area contributed by atoms with Gasteiger partial charge in [0.25, 0.3) is 0 Å². The molecule has 1 aromatic heterocycles. The molecule has 1 amide bonds. The van der Waals surface area contributed by atoms with Crippen LogP contribution >= 0.6 is 11.6 Å². The summed E-state index contributed by atoms with van der Waals surface area (Å²) in [5.41, 5.74) is 3.04. The van der Waals surface area contributed by atoms with Crippen LogP contribution in [0, 0.1) is 6.92 Å². The number of ether oxygens (including phenoxy) is 1. The molecule has 1 fully saturated rings. The van der Waals surface area contributed by atoms with Crippen LogP contribution in [0.15, 0.2) is 18.2 Å². The van der Waals surface area contributed by atoms with Crippen molar-refractivity contribution in [1.82, 2.24) is 10.3 Å². The first-order chi connectivity index (χ1) is 11.6. The Morgan fingerprint density at radius 1 is 1.29 bits per heavy atom. The molecular weight excluding hydrogens is 324 g/mol. The highest BCUT2D eigenvalue weighted by molar-refractivity contribution is 6.32. The molecule has 0 radical (unpaired) electrons. The third-order valence-corrected chi connectivity index (χ3v) is 4.04. The largest absolute Gasteiger partial charge is 0.368 e. The van der Waals surface area contributed by atoms with E-state index in [0.29, 0.717) is 13.2 Å². The molecule has 0 saturated carbocycles. The van der Waals surface area contributed by atoms with Gasteiger partial charge < -0.3 is 15.0 Å². The van der Waals surface area contributed by atoms with Gasteiger partial charge in [0.15, 0.2) is 0 Å². The van der Waals surface area contributed by atoms with Crippen LogP contribution in [0.1, 0.15) is 51.8 Å². The second-order valence-electron chi connectivity index (χ2n) is 5.20. The van der Waals surface area contributed by atoms with E-state index in [-0.39, 0.29) is 12.0 Å². The lowest BCUT2D eigenvalue weighted by Crippen LogP contribution is -2.33. The summed E-state index contributed by atoms with van der Waals surface area (Å²) in [7, 11) is 0. The number of rotatable bonds is 3. The number of halogens is 1. The number of benzene rings is 1. The number of carbonyl (C=O) groups excluding carboxylic acids is 1. The van der Waals surface area contributed by atoms with E-state index in [0.717, 1.165) is 40.0 Å². The van der Waals surface area contributed by atoms with Crippen LogP contribution in [0.4, 0.5) is 0 Å². The molecule has 1 aliphatic heterocycles. The summed E-state index contributed by atoms with van der Waals surface area (Å²) in [5, 5.41) is 4.72. The minimum absolute atomic E-state index is 0.0321. The van der Waals surface area contributed by atoms with E-state index in [1.54, 1.807) is 0 Å². The summed E-state index contributed by atoms with van der Waals surface area (Å²) in [4.78, 5) is 15.2. The van der Waals surface area contributed by atoms with Crippen molar-refractivity contribution in [2.24, 2.45) is 0 Å². The number of hydrogen-bond donors (Lipinski definition) is 2. The molecule has 24 heavy (non-hydrogen) atoms. The maximum atomic E-state index is 11.9. The highest BCUT2D eigenvalue weighted by Gasteiger charge is 2.23. The van der Waals surface area contributed by atoms with Crippen LogP contribution in [0.3, 0.4) is 0 Å². The van der Waals surface area contributed by atoms with Gasteiger partial charge in [0.05, 0.1) is 6.54 Å². The zero-order chi connectivity index (χ0) is 18.1. The molecule has 2 N–H and O–H groups in total. The molecule has 1 aromatic carbocycles. The second kappa shape index (κ2) is 10.4. The molecule has 1 saturated heterocycles. The van der Waals surface area contributed by atoms with Crippen LogP contribution in [0.2, 0.25) is 5.02 Å². The van der Waals surface area contributed by atoms with Crippen LogP contribution in [-0.2, 0) is 16.1 Å². The van der Waals surface area contributed by atoms with Gasteiger partial charge in [0.2, 0.25) is 5.91 Å². The van der Waals surface area contributed by atoms with E-state index in [1.807, 2.05) is 52.8 Å². The molecule has 2 heterocycles. The number of amides is 1. The monoisotopic (exact) mass is 352 g/mol. The Morgan fingerprint density at radius 3 is 2.62 bits per heavy atom. The molecule has 0 spiro atoms. The van der Waals surface area contributed by atoms with E-state index < -0.39 is 0 Å². The average molecular weight is 353 g/mol. The van der Waals surface area contributed by atoms with Crippen LogP contribution in [-0.4, -0.2) is 23.6 Å². The Morgan fingerprint density at radius 2 is 2.00 bits per heavy atom. The zero-order valence-corrected chi connectivity index (χ0v) is 16.1. The quantitative estimate of drug-likeness (QED) is 0.818. The Kier molecular flexibility index (Phi) is 8.87. The number of H-pyrrole nitrogens is 1. The molecular formula is C19H29ClN2O2. The average Bonchev–Trinajstić information content (AvgIpc) is 3.26. The number of aryl methyl sites for hydroxylation is 1. The highest BCUT2D eigenvalue weighted by Crippen LogP contribution is 2.24. The standard InChI is InChI=1S/C15H17ClN2O2.2C2H6/c1-9-5-13-10(7-12(9)16)6-11(18-13)8-17-15(19)14-3-2-4-20-14;2*1-2/h5-7,14,18H,2-4,8H2,1H3,(H,17,19);2*1-2H3. The van der Waals surface area contributed by atoms with Crippen molar-refractivity contribution in [3.63, 3.8) is 0 Å². The third-order valence-electron chi connectivity index (χ3n) is 3.63. The summed E-state index contributed by atoms with van der Waals surface area (Å²) in [6, 6.07) is 5.97. The van der Waals surface area contributed by atoms with Gasteiger partial charge in [0, 0.05) is 28.2 Å². The van der Waals surface area contributed by atoms with Crippen LogP contribution in [0.25, 0.3) is 10.9 Å². The van der Waals surface area contributed by atoms with E-state index >= 15 is 0 Å². The van der Waals surface area contributed by atoms with Crippen molar-refractivity contribution < 1.29 is 9.53 Å². The van der Waals surface area contributed by atoms with Gasteiger partial charge in [-0.3, -0.25) is 4.79 Å². The van der Waals surface area contributed by atoms with Crippen molar-refractivity contribution in [3.8, 4) is 0 Å². The van der Waals surface area contributed by atoms with Crippen LogP contribution < -0.4 is 5.32 Å². The van der Waals surface area contributed by atoms with Crippen LogP contribution in [0.5, 0.6) is 0 Å². The third kappa shape index (κ3) is 5.25. The minimum Gasteiger partial charge on any atom is -0.368 e. The first kappa shape index (κ1) is 20.5. The van der Waals surface area contributed by atoms with Gasteiger partial charge in [-0.2, -0.15) is 0 Å². The Labute approximate surface area is 149 Å². The molecule has 2 aromatic rings. The van der Waals surface area contributed by atoms with Gasteiger partial charge >= 0.3 is 0 Å². The number of hydrogen-bond acceptors (Lipinski definition) is 2. The summed E-state index contributed by atoms with van der Waals surface area (Å²) >= 11 is 6.11. The Balaban J connectivity index is 0.000000671. The molecule has 3 rings (SSSR count). The Hall–Kier alpha value is -1.52. The van der Waals surface area contributed by atoms with E-state index in [2.05, 4.69) is 10.3 Å². The number of carbonyl (C=O) groups is 1. The fourth-order valence-corrected chi connectivity index (χ4v) is 2.67. The number of fused-ring (bicyclic) bond motifs is 1. The normalized spacial score (nSPS) is 16.0. The number of nitrogens with one attached hydrogen (secondary N) is 2. The van der Waals surface area contributed by atoms with E-state index in [1.165, 1.54) is 0 Å². The van der Waals surface area contributed by atoms with Crippen molar-refractivity contribution in [1.29, 1.82) is 0 Å². The molecule has 1 atom stereocenters. The summed E-state index contributed by atoms with van der Waals surface area (Å²) < 4.78 is 5.35. The van der Waals surface area contributed by atoms with Gasteiger partial charge in [-0.15, -0.1) is 0 Å². The van der Waals surface area contributed by atoms with Crippen molar-refractivity contribution in [2.75, 3.05) is 6.61 Å². The maximum absolute atomic E-state index is 11.9. The van der Waals surface area contributed by atoms with Gasteiger partial charge in [-0.05, 0) is 43.5 Å². The molecule has 1 unspecified atom stereocenters. The molecule has 0 bridgehead atoms. The summed E-state index contributed by atoms with van der Waals surface area (Å²) in [6.07, 6.45) is 1.49. The van der Waals surface area contributed by atoms with Crippen molar-refractivity contribution in [2.45, 2.75) is 60.1 Å². The molecule has 0 aliphatic carbocycles. The predicted octanol–water partition coefficient (Wildman–Crippen LogP) is 4.98. The molecule has 134 valence electrons. The molecule has 4 nitrogen and oxygen atoms in total. The predicted molar refractivity (Wildman–Crippen MR) is 102 cm³/mol. The van der Waals surface area contributed by atoms with Gasteiger partial charge in [0.1, 0.15) is 6.10 Å². The second-order valence-corrected chi connectivity index (χ2v) is 5.61. The smallest absolute Gasteiger partial charge is 0.249 e. The van der Waals surface area contributed by atoms with Gasteiger partial charge in [-0.1, -0.05) is 39.3 Å². The van der Waals surface area contributed by atoms with Crippen molar-refractivity contribution >= 4 is 28.4 Å². The molecule has 5 heteroatoms. The zero-order valence-electron chi connectivity index (χ0n) is 15.3. The first-order valence-electron chi connectivity index (χ1n) is 8.80. The summed E-state index contributed by atoms with van der Waals surface area (Å²) in [6.45, 7) is 11.1. The number of aromatic amines is 1. The van der Waals surface area contributed by atoms with E-state index in [4.69, 9.17) is 16.3 Å². The SMILES string of the molecule is CC.CC.Cc1cc2[nH]c(CNC(=O)C3CCCO3)cc2cc1Cl. The Bertz CT molecular complexity index is 607. The topological polar surface area (TPSA) is 54.1 Å². The van der Waals surface area contributed by atoms with Crippen molar-refractivity contribution in [3.05, 3.63) is 34.5 Å². The molecule has 1 aliphatic rings. The maximum Gasteiger partial charge on any atom is 0.249 e. The lowest BCUT2D eigenvalue weighted by atomic mass is 10.2. The number of aromatic nitrogens is 1. The highest BCUT2D eigenvalue weighted by atomic mass is 35.5. The van der Waals surface area contributed by atoms with E-state index in [9.17, 15) is 4.79 Å². The lowest BCUT2D eigenvalue weighted by Gasteiger charge is -2.09. The fourth-order valence-electron chi connectivity index (χ4n) is 2.50. The summed E-state index contributed by atoms with van der Waals surface area (Å²) in [5.74, 6) is -0.0321.